The summed E-state index contributed by atoms with van der Waals surface area (Å²) in [6.45, 7) is 16.5. The van der Waals surface area contributed by atoms with Gasteiger partial charge in [0.2, 0.25) is 0 Å². The van der Waals surface area contributed by atoms with Gasteiger partial charge in [-0.1, -0.05) is 72.1 Å². The zero-order valence-corrected chi connectivity index (χ0v) is 25.2. The van der Waals surface area contributed by atoms with Crippen LogP contribution in [0.15, 0.2) is 0 Å². The molecule has 38 heavy (non-hydrogen) atoms. The first-order valence-corrected chi connectivity index (χ1v) is 15.4. The van der Waals surface area contributed by atoms with Crippen molar-refractivity contribution in [2.45, 2.75) is 85.0 Å². The van der Waals surface area contributed by atoms with Crippen LogP contribution >= 0.6 is 0 Å². The molecule has 0 aliphatic carbocycles. The predicted molar refractivity (Wildman–Crippen MR) is 153 cm³/mol. The van der Waals surface area contributed by atoms with Crippen molar-refractivity contribution in [1.82, 2.24) is 0 Å². The van der Waals surface area contributed by atoms with Crippen LogP contribution in [0.25, 0.3) is 0 Å². The van der Waals surface area contributed by atoms with Crippen molar-refractivity contribution in [3.05, 3.63) is 0 Å². The zero-order valence-electron chi connectivity index (χ0n) is 25.2. The van der Waals surface area contributed by atoms with E-state index in [0.717, 1.165) is 32.0 Å². The fourth-order valence-corrected chi connectivity index (χ4v) is 3.60. The summed E-state index contributed by atoms with van der Waals surface area (Å²) >= 11 is 0. The molecule has 0 aliphatic heterocycles. The van der Waals surface area contributed by atoms with Crippen LogP contribution in [0.2, 0.25) is 0 Å². The van der Waals surface area contributed by atoms with E-state index < -0.39 is 0 Å². The van der Waals surface area contributed by atoms with Gasteiger partial charge in [-0.2, -0.15) is 0 Å². The van der Waals surface area contributed by atoms with Gasteiger partial charge in [0, 0.05) is 13.2 Å². The number of hydrogen-bond acceptors (Lipinski definition) is 8. The molecule has 0 saturated heterocycles. The van der Waals surface area contributed by atoms with E-state index in [1.807, 2.05) is 0 Å². The molecule has 0 aromatic heterocycles. The van der Waals surface area contributed by atoms with Gasteiger partial charge in [-0.3, -0.25) is 0 Å². The standard InChI is InChI=1S/C30H62O8/c1-4-14-31-16-18-33-20-22-35-24-26-37-28-29-38-27-25-36-23-21-34-19-17-32-15-12-10-8-6-5-7-9-11-13-30(2)3/h30H,4-29H2,1-3H3. The Morgan fingerprint density at radius 2 is 0.579 bits per heavy atom. The van der Waals surface area contributed by atoms with Gasteiger partial charge in [-0.15, -0.1) is 0 Å². The second kappa shape index (κ2) is 34.7. The topological polar surface area (TPSA) is 73.8 Å². The SMILES string of the molecule is CCCOCCOCCOCCOCCOCCOCCOCCOCCCCCCCCCCC(C)C. The summed E-state index contributed by atoms with van der Waals surface area (Å²) in [7, 11) is 0. The Kier molecular flexibility index (Phi) is 34.4. The summed E-state index contributed by atoms with van der Waals surface area (Å²) in [6, 6.07) is 0. The summed E-state index contributed by atoms with van der Waals surface area (Å²) < 4.78 is 43.8. The van der Waals surface area contributed by atoms with Gasteiger partial charge >= 0.3 is 0 Å². The zero-order chi connectivity index (χ0) is 27.6. The van der Waals surface area contributed by atoms with E-state index >= 15 is 0 Å². The monoisotopic (exact) mass is 550 g/mol. The van der Waals surface area contributed by atoms with Crippen LogP contribution in [0, 0.1) is 5.92 Å². The number of hydrogen-bond donors (Lipinski definition) is 0. The van der Waals surface area contributed by atoms with Crippen LogP contribution in [0.4, 0.5) is 0 Å². The molecule has 0 unspecified atom stereocenters. The molecule has 0 aliphatic rings. The fraction of sp³-hybridized carbons (Fsp3) is 1.00. The average Bonchev–Trinajstić information content (AvgIpc) is 2.91. The van der Waals surface area contributed by atoms with Gasteiger partial charge < -0.3 is 37.9 Å². The summed E-state index contributed by atoms with van der Waals surface area (Å²) in [6.07, 6.45) is 13.1. The van der Waals surface area contributed by atoms with Crippen molar-refractivity contribution in [1.29, 1.82) is 0 Å². The molecule has 0 fully saturated rings. The van der Waals surface area contributed by atoms with E-state index in [0.29, 0.717) is 92.5 Å². The molecule has 0 amide bonds. The Bertz CT molecular complexity index is 412. The molecule has 0 saturated carbocycles. The van der Waals surface area contributed by atoms with E-state index in [2.05, 4.69) is 20.8 Å². The lowest BCUT2D eigenvalue weighted by Gasteiger charge is -2.08. The summed E-state index contributed by atoms with van der Waals surface area (Å²) in [5.74, 6) is 0.853. The van der Waals surface area contributed by atoms with Gasteiger partial charge in [-0.25, -0.2) is 0 Å². The van der Waals surface area contributed by atoms with E-state index in [-0.39, 0.29) is 0 Å². The Balaban J connectivity index is 3.02. The highest BCUT2D eigenvalue weighted by atomic mass is 16.6. The third-order valence-corrected chi connectivity index (χ3v) is 5.77. The quantitative estimate of drug-likeness (QED) is 0.0946. The highest BCUT2D eigenvalue weighted by Crippen LogP contribution is 2.12. The normalized spacial score (nSPS) is 11.7. The van der Waals surface area contributed by atoms with Gasteiger partial charge in [0.25, 0.3) is 0 Å². The molecule has 0 rings (SSSR count). The Morgan fingerprint density at radius 1 is 0.316 bits per heavy atom. The number of rotatable bonds is 34. The summed E-state index contributed by atoms with van der Waals surface area (Å²) in [5, 5.41) is 0. The molecule has 0 radical (unpaired) electrons. The predicted octanol–water partition coefficient (Wildman–Crippen LogP) is 5.70. The highest BCUT2D eigenvalue weighted by molar-refractivity contribution is 4.49. The maximum atomic E-state index is 5.64. The van der Waals surface area contributed by atoms with Gasteiger partial charge in [0.1, 0.15) is 0 Å². The molecule has 0 heterocycles. The molecule has 0 aromatic carbocycles. The summed E-state index contributed by atoms with van der Waals surface area (Å²) in [5.41, 5.74) is 0. The second-order valence-corrected chi connectivity index (χ2v) is 9.91. The molecule has 0 bridgehead atoms. The van der Waals surface area contributed by atoms with Crippen LogP contribution in [0.3, 0.4) is 0 Å². The lowest BCUT2D eigenvalue weighted by atomic mass is 10.0. The number of unbranched alkanes of at least 4 members (excludes halogenated alkanes) is 7. The maximum Gasteiger partial charge on any atom is 0.0701 e. The minimum absolute atomic E-state index is 0.552. The average molecular weight is 551 g/mol. The fourth-order valence-electron chi connectivity index (χ4n) is 3.60. The molecule has 8 nitrogen and oxygen atoms in total. The van der Waals surface area contributed by atoms with Gasteiger partial charge in [-0.05, 0) is 18.8 Å². The lowest BCUT2D eigenvalue weighted by Crippen LogP contribution is -2.15. The van der Waals surface area contributed by atoms with E-state index in [4.69, 9.17) is 37.9 Å². The third-order valence-electron chi connectivity index (χ3n) is 5.77. The minimum Gasteiger partial charge on any atom is -0.379 e. The lowest BCUT2D eigenvalue weighted by molar-refractivity contribution is -0.0231. The Labute approximate surface area is 234 Å². The van der Waals surface area contributed by atoms with Crippen LogP contribution in [0.5, 0.6) is 0 Å². The first kappa shape index (κ1) is 37.7. The van der Waals surface area contributed by atoms with Crippen LogP contribution in [0.1, 0.15) is 85.0 Å². The van der Waals surface area contributed by atoms with Gasteiger partial charge in [0.05, 0.1) is 92.5 Å². The first-order chi connectivity index (χ1) is 18.8. The summed E-state index contributed by atoms with van der Waals surface area (Å²) in [4.78, 5) is 0. The van der Waals surface area contributed by atoms with E-state index in [1.165, 1.54) is 51.4 Å². The molecule has 0 atom stereocenters. The van der Waals surface area contributed by atoms with Crippen LogP contribution in [-0.4, -0.2) is 106 Å². The van der Waals surface area contributed by atoms with Gasteiger partial charge in [0.15, 0.2) is 0 Å². The third kappa shape index (κ3) is 35.7. The first-order valence-electron chi connectivity index (χ1n) is 15.4. The van der Waals surface area contributed by atoms with Crippen molar-refractivity contribution >= 4 is 0 Å². The Hall–Kier alpha value is -0.320. The molecule has 8 heteroatoms. The van der Waals surface area contributed by atoms with Crippen LogP contribution < -0.4 is 0 Å². The van der Waals surface area contributed by atoms with Crippen molar-refractivity contribution in [2.75, 3.05) is 106 Å². The highest BCUT2D eigenvalue weighted by Gasteiger charge is 1.97. The molecule has 0 aromatic rings. The molecule has 0 N–H and O–H groups in total. The van der Waals surface area contributed by atoms with Crippen LogP contribution in [-0.2, 0) is 37.9 Å². The second-order valence-electron chi connectivity index (χ2n) is 9.91. The van der Waals surface area contributed by atoms with Crippen molar-refractivity contribution in [3.8, 4) is 0 Å². The maximum absolute atomic E-state index is 5.64. The smallest absolute Gasteiger partial charge is 0.0701 e. The van der Waals surface area contributed by atoms with Crippen molar-refractivity contribution < 1.29 is 37.9 Å². The largest absolute Gasteiger partial charge is 0.379 e. The Morgan fingerprint density at radius 3 is 0.895 bits per heavy atom. The number of ether oxygens (including phenoxy) is 8. The van der Waals surface area contributed by atoms with E-state index in [9.17, 15) is 0 Å². The van der Waals surface area contributed by atoms with Crippen molar-refractivity contribution in [2.24, 2.45) is 5.92 Å². The molecular formula is C30H62O8. The molecule has 230 valence electrons. The molecular weight excluding hydrogens is 488 g/mol. The van der Waals surface area contributed by atoms with Crippen molar-refractivity contribution in [3.63, 3.8) is 0 Å². The molecule has 0 spiro atoms. The van der Waals surface area contributed by atoms with E-state index in [1.54, 1.807) is 0 Å². The minimum atomic E-state index is 0.552.